The lowest BCUT2D eigenvalue weighted by Gasteiger charge is -2.15. The molecule has 0 spiro atoms. The van der Waals surface area contributed by atoms with Crippen LogP contribution in [0.1, 0.15) is 15.8 Å². The Balaban J connectivity index is 2.11. The molecule has 18 heavy (non-hydrogen) atoms. The average molecular weight is 320 g/mol. The van der Waals surface area contributed by atoms with E-state index >= 15 is 0 Å². The van der Waals surface area contributed by atoms with Gasteiger partial charge in [0.25, 0.3) is 0 Å². The van der Waals surface area contributed by atoms with Gasteiger partial charge in [-0.2, -0.15) is 0 Å². The van der Waals surface area contributed by atoms with E-state index in [1.165, 1.54) is 9.75 Å². The Morgan fingerprint density at radius 3 is 2.78 bits per heavy atom. The Bertz CT molecular complexity index is 509. The van der Waals surface area contributed by atoms with Crippen LogP contribution in [0.15, 0.2) is 29.6 Å². The van der Waals surface area contributed by atoms with Gasteiger partial charge in [-0.05, 0) is 23.6 Å². The number of rotatable bonds is 6. The van der Waals surface area contributed by atoms with E-state index in [2.05, 4.69) is 16.8 Å². The minimum Gasteiger partial charge on any atom is -0.304 e. The summed E-state index contributed by atoms with van der Waals surface area (Å²) in [6, 6.07) is 8.28. The van der Waals surface area contributed by atoms with Gasteiger partial charge in [-0.1, -0.05) is 17.7 Å². The molecule has 0 bridgehead atoms. The van der Waals surface area contributed by atoms with Crippen molar-refractivity contribution in [1.29, 1.82) is 0 Å². The maximum absolute atomic E-state index is 11.1. The molecule has 2 nitrogen and oxygen atoms in total. The average Bonchev–Trinajstić information content (AvgIpc) is 2.95. The van der Waals surface area contributed by atoms with E-state index < -0.39 is 10.8 Å². The summed E-state index contributed by atoms with van der Waals surface area (Å²) in [7, 11) is -0.762. The highest BCUT2D eigenvalue weighted by molar-refractivity contribution is 7.84. The molecule has 2 unspecified atom stereocenters. The third-order valence-electron chi connectivity index (χ3n) is 2.44. The summed E-state index contributed by atoms with van der Waals surface area (Å²) in [6.45, 7) is 0.737. The standard InChI is InChI=1S/C12H14ClNOS3/c1-18(15)8-6-14-12(9-3-2-7-16-9)10-4-5-11(13)17-10/h2-5,7,12,14H,6,8H2,1H3. The Kier molecular flexibility index (Phi) is 5.38. The van der Waals surface area contributed by atoms with Crippen molar-refractivity contribution in [2.45, 2.75) is 6.04 Å². The van der Waals surface area contributed by atoms with Crippen LogP contribution in [0.2, 0.25) is 4.34 Å². The first-order chi connectivity index (χ1) is 8.66. The molecule has 2 heterocycles. The second kappa shape index (κ2) is 6.82. The molecule has 0 aliphatic rings. The first kappa shape index (κ1) is 14.2. The lowest BCUT2D eigenvalue weighted by atomic mass is 10.2. The second-order valence-corrected chi connectivity index (χ2v) is 8.10. The zero-order chi connectivity index (χ0) is 13.0. The summed E-state index contributed by atoms with van der Waals surface area (Å²) >= 11 is 9.30. The highest BCUT2D eigenvalue weighted by Crippen LogP contribution is 2.32. The van der Waals surface area contributed by atoms with Gasteiger partial charge in [0.15, 0.2) is 0 Å². The van der Waals surface area contributed by atoms with Gasteiger partial charge in [0, 0.05) is 39.1 Å². The number of nitrogens with one attached hydrogen (secondary N) is 1. The van der Waals surface area contributed by atoms with E-state index in [9.17, 15) is 4.21 Å². The van der Waals surface area contributed by atoms with Crippen LogP contribution >= 0.6 is 34.3 Å². The SMILES string of the molecule is CS(=O)CCNC(c1cccs1)c1ccc(Cl)s1. The van der Waals surface area contributed by atoms with Gasteiger partial charge in [-0.25, -0.2) is 0 Å². The van der Waals surface area contributed by atoms with Crippen LogP contribution in [-0.4, -0.2) is 22.8 Å². The van der Waals surface area contributed by atoms with Crippen LogP contribution in [0.4, 0.5) is 0 Å². The largest absolute Gasteiger partial charge is 0.304 e. The highest BCUT2D eigenvalue weighted by Gasteiger charge is 2.16. The van der Waals surface area contributed by atoms with Gasteiger partial charge < -0.3 is 5.32 Å². The zero-order valence-electron chi connectivity index (χ0n) is 9.89. The number of thiophene rings is 2. The monoisotopic (exact) mass is 319 g/mol. The van der Waals surface area contributed by atoms with Crippen molar-refractivity contribution in [2.75, 3.05) is 18.6 Å². The summed E-state index contributed by atoms with van der Waals surface area (Å²) in [5, 5.41) is 5.52. The second-order valence-electron chi connectivity index (χ2n) is 3.82. The molecule has 0 fully saturated rings. The van der Waals surface area contributed by atoms with E-state index in [0.717, 1.165) is 10.9 Å². The van der Waals surface area contributed by atoms with Crippen molar-refractivity contribution in [3.8, 4) is 0 Å². The van der Waals surface area contributed by atoms with Gasteiger partial charge in [0.1, 0.15) is 0 Å². The zero-order valence-corrected chi connectivity index (χ0v) is 13.1. The van der Waals surface area contributed by atoms with Gasteiger partial charge in [-0.3, -0.25) is 4.21 Å². The Hall–Kier alpha value is -0.200. The molecule has 0 radical (unpaired) electrons. The quantitative estimate of drug-likeness (QED) is 0.882. The minimum absolute atomic E-state index is 0.158. The molecular formula is C12H14ClNOS3. The van der Waals surface area contributed by atoms with Crippen LogP contribution in [-0.2, 0) is 10.8 Å². The Morgan fingerprint density at radius 1 is 1.39 bits per heavy atom. The van der Waals surface area contributed by atoms with Crippen molar-refractivity contribution < 1.29 is 4.21 Å². The maximum atomic E-state index is 11.1. The van der Waals surface area contributed by atoms with Crippen LogP contribution in [0.25, 0.3) is 0 Å². The maximum Gasteiger partial charge on any atom is 0.0931 e. The van der Waals surface area contributed by atoms with Crippen molar-refractivity contribution in [1.82, 2.24) is 5.32 Å². The van der Waals surface area contributed by atoms with E-state index in [0.29, 0.717) is 5.75 Å². The molecule has 0 aliphatic carbocycles. The normalized spacial score (nSPS) is 14.6. The molecule has 2 rings (SSSR count). The molecule has 98 valence electrons. The third-order valence-corrected chi connectivity index (χ3v) is 5.46. The molecule has 0 amide bonds. The number of hydrogen-bond acceptors (Lipinski definition) is 4. The molecule has 6 heteroatoms. The lowest BCUT2D eigenvalue weighted by Crippen LogP contribution is -2.25. The molecule has 0 aliphatic heterocycles. The molecule has 0 aromatic carbocycles. The van der Waals surface area contributed by atoms with Crippen LogP contribution in [0.5, 0.6) is 0 Å². The van der Waals surface area contributed by atoms with Gasteiger partial charge in [-0.15, -0.1) is 22.7 Å². The fourth-order valence-electron chi connectivity index (χ4n) is 1.63. The van der Waals surface area contributed by atoms with Crippen LogP contribution in [0.3, 0.4) is 0 Å². The van der Waals surface area contributed by atoms with Crippen molar-refractivity contribution in [3.63, 3.8) is 0 Å². The topological polar surface area (TPSA) is 29.1 Å². The predicted molar refractivity (Wildman–Crippen MR) is 82.4 cm³/mol. The summed E-state index contributed by atoms with van der Waals surface area (Å²) in [4.78, 5) is 2.46. The molecule has 1 N–H and O–H groups in total. The third kappa shape index (κ3) is 3.90. The van der Waals surface area contributed by atoms with Gasteiger partial charge >= 0.3 is 0 Å². The first-order valence-electron chi connectivity index (χ1n) is 5.49. The van der Waals surface area contributed by atoms with E-state index in [1.807, 2.05) is 18.2 Å². The molecule has 2 aromatic heterocycles. The minimum atomic E-state index is -0.762. The highest BCUT2D eigenvalue weighted by atomic mass is 35.5. The molecule has 2 atom stereocenters. The summed E-state index contributed by atoms with van der Waals surface area (Å²) in [5.74, 6) is 0.668. The number of hydrogen-bond donors (Lipinski definition) is 1. The molecule has 0 saturated carbocycles. The molecule has 2 aromatic rings. The summed E-state index contributed by atoms with van der Waals surface area (Å²) in [6.07, 6.45) is 1.73. The smallest absolute Gasteiger partial charge is 0.0931 e. The number of halogens is 1. The van der Waals surface area contributed by atoms with Gasteiger partial charge in [0.05, 0.1) is 10.4 Å². The summed E-state index contributed by atoms with van der Waals surface area (Å²) < 4.78 is 11.9. The van der Waals surface area contributed by atoms with E-state index in [-0.39, 0.29) is 6.04 Å². The van der Waals surface area contributed by atoms with Crippen molar-refractivity contribution in [3.05, 3.63) is 43.7 Å². The summed E-state index contributed by atoms with van der Waals surface area (Å²) in [5.41, 5.74) is 0. The van der Waals surface area contributed by atoms with Crippen molar-refractivity contribution in [2.24, 2.45) is 0 Å². The predicted octanol–water partition coefficient (Wildman–Crippen LogP) is 3.52. The van der Waals surface area contributed by atoms with Crippen LogP contribution in [0, 0.1) is 0 Å². The van der Waals surface area contributed by atoms with E-state index in [4.69, 9.17) is 11.6 Å². The van der Waals surface area contributed by atoms with Crippen LogP contribution < -0.4 is 5.32 Å². The van der Waals surface area contributed by atoms with Gasteiger partial charge in [0.2, 0.25) is 0 Å². The first-order valence-corrected chi connectivity index (χ1v) is 9.29. The van der Waals surface area contributed by atoms with E-state index in [1.54, 1.807) is 28.9 Å². The molecular weight excluding hydrogens is 306 g/mol. The fourth-order valence-corrected chi connectivity index (χ4v) is 4.08. The Morgan fingerprint density at radius 2 is 2.22 bits per heavy atom. The fraction of sp³-hybridized carbons (Fsp3) is 0.333. The molecule has 0 saturated heterocycles. The lowest BCUT2D eigenvalue weighted by molar-refractivity contribution is 0.642. The Labute approximate surface area is 122 Å². The van der Waals surface area contributed by atoms with Crippen molar-refractivity contribution >= 4 is 45.1 Å².